The molecule has 234 valence electrons. The Hall–Kier alpha value is -3.03. The van der Waals surface area contributed by atoms with Gasteiger partial charge in [0.2, 0.25) is 11.7 Å². The minimum atomic E-state index is -4.51. The van der Waals surface area contributed by atoms with Gasteiger partial charge < -0.3 is 25.8 Å². The van der Waals surface area contributed by atoms with Gasteiger partial charge in [0.15, 0.2) is 11.6 Å². The molecule has 0 bridgehead atoms. The summed E-state index contributed by atoms with van der Waals surface area (Å²) in [6.07, 6.45) is -3.49. The number of alkyl halides is 3. The summed E-state index contributed by atoms with van der Waals surface area (Å²) in [5, 5.41) is 13.4. The van der Waals surface area contributed by atoms with E-state index in [0.717, 1.165) is 12.1 Å². The number of carbonyl (C=O) groups excluding carboxylic acids is 1. The Kier molecular flexibility index (Phi) is 14.7. The maximum atomic E-state index is 15.7. The molecule has 0 aliphatic carbocycles. The van der Waals surface area contributed by atoms with Gasteiger partial charge in [0.1, 0.15) is 6.33 Å². The highest BCUT2D eigenvalue weighted by Gasteiger charge is 2.36. The monoisotopic (exact) mass is 590 g/mol. The fourth-order valence-corrected chi connectivity index (χ4v) is 4.89. The molecule has 0 spiro atoms. The summed E-state index contributed by atoms with van der Waals surface area (Å²) in [5.41, 5.74) is 4.76. The molecule has 1 aromatic carbocycles. The molecule has 1 amide bonds. The number of benzene rings is 1. The zero-order chi connectivity index (χ0) is 26.7. The van der Waals surface area contributed by atoms with Crippen LogP contribution in [0.3, 0.4) is 0 Å². The highest BCUT2D eigenvalue weighted by molar-refractivity contribution is 5.75. The van der Waals surface area contributed by atoms with Gasteiger partial charge in [-0.3, -0.25) is 9.69 Å². The fraction of sp³-hybridized carbons (Fsp3) is 0.607. The Morgan fingerprint density at radius 1 is 1.20 bits per heavy atom. The number of anilines is 2. The van der Waals surface area contributed by atoms with Gasteiger partial charge >= 0.3 is 6.18 Å². The predicted octanol–water partition coefficient (Wildman–Crippen LogP) is 4.73. The molecule has 0 unspecified atom stereocenters. The number of primary amides is 1. The average Bonchev–Trinajstić information content (AvgIpc) is 2.84. The first-order valence-electron chi connectivity index (χ1n) is 12.0. The summed E-state index contributed by atoms with van der Waals surface area (Å²) in [4.78, 5) is 22.7. The van der Waals surface area contributed by atoms with E-state index in [2.05, 4.69) is 15.3 Å². The van der Waals surface area contributed by atoms with E-state index >= 15 is 4.39 Å². The van der Waals surface area contributed by atoms with E-state index < -0.39 is 35.6 Å². The first-order chi connectivity index (χ1) is 17.5. The van der Waals surface area contributed by atoms with Crippen LogP contribution in [0.4, 0.5) is 29.2 Å². The van der Waals surface area contributed by atoms with Crippen molar-refractivity contribution >= 4 is 17.5 Å². The number of hydrogen-bond donors (Lipinski definition) is 3. The number of nitrogens with two attached hydrogens (primary N) is 1. The van der Waals surface area contributed by atoms with Gasteiger partial charge in [-0.1, -0.05) is 41.8 Å². The van der Waals surface area contributed by atoms with Gasteiger partial charge in [0, 0.05) is 19.0 Å². The molecule has 9 nitrogen and oxygen atoms in total. The van der Waals surface area contributed by atoms with Crippen LogP contribution in [0.2, 0.25) is 0 Å². The lowest BCUT2D eigenvalue weighted by atomic mass is 9.93. The van der Waals surface area contributed by atoms with Crippen LogP contribution < -0.4 is 16.0 Å². The van der Waals surface area contributed by atoms with E-state index in [9.17, 15) is 23.1 Å². The van der Waals surface area contributed by atoms with Gasteiger partial charge in [-0.25, -0.2) is 9.97 Å². The van der Waals surface area contributed by atoms with Crippen molar-refractivity contribution in [3.05, 3.63) is 47.5 Å². The molecule has 2 saturated heterocycles. The Labute approximate surface area is 241 Å². The summed E-state index contributed by atoms with van der Waals surface area (Å²) in [7, 11) is 0. The topological polar surface area (TPSA) is 117 Å². The number of aromatic nitrogens is 2. The lowest BCUT2D eigenvalue weighted by Crippen LogP contribution is -2.48. The number of likely N-dealkylation sites (tertiary alicyclic amines) is 1. The molecule has 4 rings (SSSR count). The van der Waals surface area contributed by atoms with Crippen LogP contribution in [-0.4, -0.2) is 77.4 Å². The first kappa shape index (κ1) is 38.0. The maximum Gasteiger partial charge on any atom is 0.416 e. The third-order valence-electron chi connectivity index (χ3n) is 6.78. The number of aliphatic hydroxyl groups excluding tert-OH is 1. The number of β-amino-alcohol motifs (C(OH)–C–C–N with tert-alkyl or cyclic N) is 1. The van der Waals surface area contributed by atoms with Gasteiger partial charge in [0.05, 0.1) is 43.5 Å². The molecule has 2 aliphatic rings. The van der Waals surface area contributed by atoms with Crippen LogP contribution in [0.5, 0.6) is 0 Å². The summed E-state index contributed by atoms with van der Waals surface area (Å²) < 4.78 is 61.2. The standard InChI is InChI=1S/C24H30F4N6O3.4CH4/c1-14-11-37-12-18(15-3-2-4-17(7-15)24(26,27)28)34(14)23-21(25)22(31-13-32-23)30-8-16-5-6-33(9-19(16)35)10-20(29)36;;;;/h2-4,7,13-14,16,18-19,35H,5-6,8-12H2,1H3,(H2,29,36)(H,30,31,32);4*1H4/t14-,16+,18-,19-;;;;/m1..../s1. The lowest BCUT2D eigenvalue weighted by Gasteiger charge is -2.41. The number of aliphatic hydroxyl groups is 1. The van der Waals surface area contributed by atoms with Crippen molar-refractivity contribution in [2.24, 2.45) is 11.7 Å². The molecule has 4 N–H and O–H groups in total. The molecule has 13 heteroatoms. The molecule has 0 saturated carbocycles. The van der Waals surface area contributed by atoms with E-state index in [1.54, 1.807) is 22.8 Å². The van der Waals surface area contributed by atoms with Crippen molar-refractivity contribution in [2.45, 2.75) is 67.4 Å². The van der Waals surface area contributed by atoms with Crippen LogP contribution in [0.15, 0.2) is 30.6 Å². The fourth-order valence-electron chi connectivity index (χ4n) is 4.89. The molecular formula is C28H46F4N6O3. The Morgan fingerprint density at radius 3 is 2.54 bits per heavy atom. The number of rotatable bonds is 7. The van der Waals surface area contributed by atoms with Gasteiger partial charge in [-0.05, 0) is 37.6 Å². The van der Waals surface area contributed by atoms with Gasteiger partial charge in [0.25, 0.3) is 0 Å². The second kappa shape index (κ2) is 15.8. The number of carbonyl (C=O) groups is 1. The molecule has 2 aromatic rings. The van der Waals surface area contributed by atoms with Crippen molar-refractivity contribution in [3.8, 4) is 0 Å². The summed E-state index contributed by atoms with van der Waals surface area (Å²) >= 11 is 0. The van der Waals surface area contributed by atoms with E-state index in [0.29, 0.717) is 18.5 Å². The number of halogens is 4. The van der Waals surface area contributed by atoms with Crippen molar-refractivity contribution in [1.29, 1.82) is 0 Å². The summed E-state index contributed by atoms with van der Waals surface area (Å²) in [6.45, 7) is 3.22. The molecular weight excluding hydrogens is 544 g/mol. The van der Waals surface area contributed by atoms with E-state index in [1.807, 2.05) is 0 Å². The normalized spacial score (nSPS) is 22.7. The molecule has 1 aromatic heterocycles. The molecule has 3 heterocycles. The molecule has 0 radical (unpaired) electrons. The smallest absolute Gasteiger partial charge is 0.391 e. The van der Waals surface area contributed by atoms with Crippen molar-refractivity contribution in [3.63, 3.8) is 0 Å². The quantitative estimate of drug-likeness (QED) is 0.397. The highest BCUT2D eigenvalue weighted by Crippen LogP contribution is 2.37. The van der Waals surface area contributed by atoms with Gasteiger partial charge in [-0.15, -0.1) is 0 Å². The third kappa shape index (κ3) is 8.98. The number of ether oxygens (including phenoxy) is 1. The maximum absolute atomic E-state index is 15.7. The van der Waals surface area contributed by atoms with Crippen molar-refractivity contribution in [2.75, 3.05) is 49.6 Å². The lowest BCUT2D eigenvalue weighted by molar-refractivity contribution is -0.137. The number of nitrogens with one attached hydrogen (secondary N) is 1. The van der Waals surface area contributed by atoms with Crippen molar-refractivity contribution < 1.29 is 32.2 Å². The Bertz CT molecular complexity index is 1110. The second-order valence-corrected chi connectivity index (χ2v) is 9.49. The zero-order valence-corrected chi connectivity index (χ0v) is 20.3. The average molecular weight is 591 g/mol. The van der Waals surface area contributed by atoms with E-state index in [1.165, 1.54) is 12.4 Å². The van der Waals surface area contributed by atoms with Crippen LogP contribution >= 0.6 is 0 Å². The Balaban J connectivity index is 0.00000400. The van der Waals surface area contributed by atoms with E-state index in [4.69, 9.17) is 10.5 Å². The first-order valence-corrected chi connectivity index (χ1v) is 12.0. The number of hydrogen-bond acceptors (Lipinski definition) is 8. The SMILES string of the molecule is C.C.C.C.C[C@@H]1COC[C@H](c2cccc(C(F)(F)F)c2)N1c1ncnc(NC[C@@H]2CCN(CC(N)=O)C[C@H]2O)c1F. The van der Waals surface area contributed by atoms with Gasteiger partial charge in [-0.2, -0.15) is 17.6 Å². The predicted molar refractivity (Wildman–Crippen MR) is 154 cm³/mol. The van der Waals surface area contributed by atoms with E-state index in [-0.39, 0.29) is 86.2 Å². The van der Waals surface area contributed by atoms with Crippen LogP contribution in [0, 0.1) is 11.7 Å². The summed E-state index contributed by atoms with van der Waals surface area (Å²) in [6, 6.07) is 3.84. The second-order valence-electron chi connectivity index (χ2n) is 9.49. The Morgan fingerprint density at radius 2 is 1.90 bits per heavy atom. The number of morpholine rings is 1. The number of nitrogens with zero attached hydrogens (tertiary/aromatic N) is 4. The zero-order valence-electron chi connectivity index (χ0n) is 20.3. The van der Waals surface area contributed by atoms with Crippen LogP contribution in [0.25, 0.3) is 0 Å². The van der Waals surface area contributed by atoms with Crippen LogP contribution in [-0.2, 0) is 15.7 Å². The third-order valence-corrected chi connectivity index (χ3v) is 6.78. The minimum Gasteiger partial charge on any atom is -0.391 e. The largest absolute Gasteiger partial charge is 0.416 e. The highest BCUT2D eigenvalue weighted by atomic mass is 19.4. The molecule has 41 heavy (non-hydrogen) atoms. The number of piperidine rings is 1. The molecule has 2 fully saturated rings. The minimum absolute atomic E-state index is 0. The molecule has 2 aliphatic heterocycles. The van der Waals surface area contributed by atoms with Crippen molar-refractivity contribution in [1.82, 2.24) is 14.9 Å². The number of amides is 1. The summed E-state index contributed by atoms with van der Waals surface area (Å²) in [5.74, 6) is -1.54. The van der Waals surface area contributed by atoms with Crippen LogP contribution in [0.1, 0.15) is 60.2 Å². The molecule has 4 atom stereocenters.